The predicted molar refractivity (Wildman–Crippen MR) is 76.4 cm³/mol. The summed E-state index contributed by atoms with van der Waals surface area (Å²) in [7, 11) is 0. The third-order valence-electron chi connectivity index (χ3n) is 1.99. The fourth-order valence-corrected chi connectivity index (χ4v) is 1.13. The molecular formula is C15H26O4. The molecule has 0 aliphatic carbocycles. The van der Waals surface area contributed by atoms with Gasteiger partial charge >= 0.3 is 0 Å². The van der Waals surface area contributed by atoms with E-state index >= 15 is 0 Å². The highest BCUT2D eigenvalue weighted by Gasteiger charge is 2.00. The van der Waals surface area contributed by atoms with Crippen LogP contribution in [0.2, 0.25) is 0 Å². The Hall–Kier alpha value is -1.10. The summed E-state index contributed by atoms with van der Waals surface area (Å²) in [5.41, 5.74) is 0. The quantitative estimate of drug-likeness (QED) is 0.832. The lowest BCUT2D eigenvalue weighted by Crippen LogP contribution is -2.19. The zero-order valence-electron chi connectivity index (χ0n) is 12.2. The molecular weight excluding hydrogens is 244 g/mol. The number of hydrogen-bond acceptors (Lipinski definition) is 4. The van der Waals surface area contributed by atoms with Crippen LogP contribution in [0.5, 0.6) is 5.75 Å². The highest BCUT2D eigenvalue weighted by Crippen LogP contribution is 2.09. The first-order valence-corrected chi connectivity index (χ1v) is 6.58. The molecule has 4 heteroatoms. The van der Waals surface area contributed by atoms with E-state index in [-0.39, 0.29) is 18.8 Å². The van der Waals surface area contributed by atoms with Gasteiger partial charge in [0.25, 0.3) is 0 Å². The molecule has 2 N–H and O–H groups in total. The van der Waals surface area contributed by atoms with Gasteiger partial charge in [0.1, 0.15) is 5.75 Å². The maximum absolute atomic E-state index is 8.69. The van der Waals surface area contributed by atoms with Crippen molar-refractivity contribution in [3.8, 4) is 5.75 Å². The van der Waals surface area contributed by atoms with Crippen LogP contribution in [0.3, 0.4) is 0 Å². The largest absolute Gasteiger partial charge is 0.491 e. The fourth-order valence-electron chi connectivity index (χ4n) is 1.13. The van der Waals surface area contributed by atoms with E-state index in [4.69, 9.17) is 19.7 Å². The van der Waals surface area contributed by atoms with E-state index in [9.17, 15) is 0 Å². The van der Waals surface area contributed by atoms with Crippen molar-refractivity contribution in [3.05, 3.63) is 30.3 Å². The van der Waals surface area contributed by atoms with Crippen LogP contribution in [0.4, 0.5) is 0 Å². The second-order valence-corrected chi connectivity index (χ2v) is 4.66. The molecule has 1 aromatic rings. The Labute approximate surface area is 116 Å². The van der Waals surface area contributed by atoms with Crippen LogP contribution in [0.15, 0.2) is 30.3 Å². The van der Waals surface area contributed by atoms with Crippen LogP contribution < -0.4 is 4.74 Å². The summed E-state index contributed by atoms with van der Waals surface area (Å²) in [6.07, 6.45) is -0.346. The standard InChI is InChI=1S/C9H12O.C6H14O3/c1-8(2)10-9-6-4-3-5-7-9;1-5(8)4-9-6(2)3-7/h3-8H,1-2H3;5-8H,3-4H2,1-2H3. The van der Waals surface area contributed by atoms with Crippen molar-refractivity contribution in [1.29, 1.82) is 0 Å². The molecule has 0 saturated heterocycles. The average molecular weight is 270 g/mol. The molecule has 2 unspecified atom stereocenters. The molecule has 4 nitrogen and oxygen atoms in total. The third-order valence-corrected chi connectivity index (χ3v) is 1.99. The van der Waals surface area contributed by atoms with Gasteiger partial charge in [0, 0.05) is 0 Å². The van der Waals surface area contributed by atoms with Gasteiger partial charge in [0.15, 0.2) is 0 Å². The van der Waals surface area contributed by atoms with Gasteiger partial charge in [-0.15, -0.1) is 0 Å². The van der Waals surface area contributed by atoms with Crippen LogP contribution >= 0.6 is 0 Å². The van der Waals surface area contributed by atoms with E-state index < -0.39 is 6.10 Å². The van der Waals surface area contributed by atoms with Crippen LogP contribution in [0.1, 0.15) is 27.7 Å². The number of hydrogen-bond donors (Lipinski definition) is 2. The Morgan fingerprint density at radius 2 is 1.63 bits per heavy atom. The number of rotatable bonds is 6. The summed E-state index contributed by atoms with van der Waals surface area (Å²) >= 11 is 0. The molecule has 0 aliphatic rings. The van der Waals surface area contributed by atoms with Crippen LogP contribution in [0, 0.1) is 0 Å². The highest BCUT2D eigenvalue weighted by molar-refractivity contribution is 5.20. The minimum Gasteiger partial charge on any atom is -0.491 e. The second kappa shape index (κ2) is 10.8. The summed E-state index contributed by atoms with van der Waals surface area (Å²) in [6.45, 7) is 7.74. The summed E-state index contributed by atoms with van der Waals surface area (Å²) in [5.74, 6) is 0.942. The second-order valence-electron chi connectivity index (χ2n) is 4.66. The van der Waals surface area contributed by atoms with E-state index in [1.165, 1.54) is 0 Å². The SMILES string of the molecule is CC(C)Oc1ccccc1.CC(O)COC(C)CO. The van der Waals surface area contributed by atoms with Gasteiger partial charge < -0.3 is 19.7 Å². The van der Waals surface area contributed by atoms with E-state index in [0.717, 1.165) is 5.75 Å². The molecule has 0 bridgehead atoms. The van der Waals surface area contributed by atoms with Gasteiger partial charge in [0.2, 0.25) is 0 Å². The summed E-state index contributed by atoms with van der Waals surface area (Å²) in [4.78, 5) is 0. The lowest BCUT2D eigenvalue weighted by Gasteiger charge is -2.10. The monoisotopic (exact) mass is 270 g/mol. The fraction of sp³-hybridized carbons (Fsp3) is 0.600. The van der Waals surface area contributed by atoms with Crippen LogP contribution in [0.25, 0.3) is 0 Å². The number of para-hydroxylation sites is 1. The van der Waals surface area contributed by atoms with Crippen molar-refractivity contribution in [2.24, 2.45) is 0 Å². The van der Waals surface area contributed by atoms with Crippen LogP contribution in [-0.4, -0.2) is 41.7 Å². The molecule has 0 aromatic heterocycles. The molecule has 1 aromatic carbocycles. The Bertz CT molecular complexity index is 298. The number of benzene rings is 1. The van der Waals surface area contributed by atoms with Gasteiger partial charge in [-0.2, -0.15) is 0 Å². The van der Waals surface area contributed by atoms with E-state index in [2.05, 4.69) is 0 Å². The maximum Gasteiger partial charge on any atom is 0.119 e. The molecule has 0 saturated carbocycles. The number of ether oxygens (including phenoxy) is 2. The molecule has 0 fully saturated rings. The summed E-state index contributed by atoms with van der Waals surface area (Å²) in [5, 5.41) is 17.1. The van der Waals surface area contributed by atoms with Crippen molar-refractivity contribution in [3.63, 3.8) is 0 Å². The molecule has 0 aliphatic heterocycles. The lowest BCUT2D eigenvalue weighted by molar-refractivity contribution is -0.0177. The zero-order chi connectivity index (χ0) is 14.7. The van der Waals surface area contributed by atoms with E-state index in [1.54, 1.807) is 13.8 Å². The molecule has 0 amide bonds. The first-order valence-electron chi connectivity index (χ1n) is 6.58. The Kier molecular flexibility index (Phi) is 10.2. The maximum atomic E-state index is 8.69. The topological polar surface area (TPSA) is 58.9 Å². The summed E-state index contributed by atoms with van der Waals surface area (Å²) in [6, 6.07) is 9.84. The van der Waals surface area contributed by atoms with Crippen LogP contribution in [-0.2, 0) is 4.74 Å². The average Bonchev–Trinajstić information content (AvgIpc) is 2.37. The predicted octanol–water partition coefficient (Wildman–Crippen LogP) is 2.24. The van der Waals surface area contributed by atoms with Crippen molar-refractivity contribution >= 4 is 0 Å². The number of aliphatic hydroxyl groups is 2. The van der Waals surface area contributed by atoms with Gasteiger partial charge in [0.05, 0.1) is 31.5 Å². The first-order chi connectivity index (χ1) is 8.95. The van der Waals surface area contributed by atoms with Crippen molar-refractivity contribution in [1.82, 2.24) is 0 Å². The van der Waals surface area contributed by atoms with Crippen molar-refractivity contribution < 1.29 is 19.7 Å². The first kappa shape index (κ1) is 17.9. The van der Waals surface area contributed by atoms with Gasteiger partial charge in [-0.3, -0.25) is 0 Å². The third kappa shape index (κ3) is 11.7. The van der Waals surface area contributed by atoms with Gasteiger partial charge in [-0.25, -0.2) is 0 Å². The van der Waals surface area contributed by atoms with Crippen molar-refractivity contribution in [2.45, 2.75) is 46.0 Å². The normalized spacial score (nSPS) is 13.4. The molecule has 0 radical (unpaired) electrons. The van der Waals surface area contributed by atoms with Gasteiger partial charge in [-0.1, -0.05) is 18.2 Å². The molecule has 110 valence electrons. The Morgan fingerprint density at radius 1 is 1.05 bits per heavy atom. The van der Waals surface area contributed by atoms with E-state index in [0.29, 0.717) is 6.61 Å². The minimum absolute atomic E-state index is 0.00667. The summed E-state index contributed by atoms with van der Waals surface area (Å²) < 4.78 is 10.4. The molecule has 19 heavy (non-hydrogen) atoms. The van der Waals surface area contributed by atoms with E-state index in [1.807, 2.05) is 44.2 Å². The molecule has 1 rings (SSSR count). The lowest BCUT2D eigenvalue weighted by atomic mass is 10.3. The molecule has 0 heterocycles. The van der Waals surface area contributed by atoms with Crippen molar-refractivity contribution in [2.75, 3.05) is 13.2 Å². The Morgan fingerprint density at radius 3 is 2.05 bits per heavy atom. The number of aliphatic hydroxyl groups excluding tert-OH is 2. The zero-order valence-corrected chi connectivity index (χ0v) is 12.2. The smallest absolute Gasteiger partial charge is 0.119 e. The highest BCUT2D eigenvalue weighted by atomic mass is 16.5. The Balaban J connectivity index is 0.000000344. The molecule has 2 atom stereocenters. The van der Waals surface area contributed by atoms with Gasteiger partial charge in [-0.05, 0) is 39.8 Å². The molecule has 0 spiro atoms. The minimum atomic E-state index is -0.445.